The summed E-state index contributed by atoms with van der Waals surface area (Å²) in [5, 5.41) is 20.8. The van der Waals surface area contributed by atoms with Crippen molar-refractivity contribution in [2.24, 2.45) is 5.92 Å². The van der Waals surface area contributed by atoms with E-state index in [0.717, 1.165) is 4.47 Å². The number of hydrogen-bond donors (Lipinski definition) is 2. The Balaban J connectivity index is 2.08. The standard InChI is InChI=1S/C14H14BrN3O3/c15-11-3-4-12(10(6-11)7-16)17-14(21)18-5-1-2-9(8-18)13(19)20/h3-4,6,9H,1-2,5,8H2,(H,17,21)(H,19,20). The number of nitriles is 1. The maximum Gasteiger partial charge on any atom is 0.321 e. The van der Waals surface area contributed by atoms with Gasteiger partial charge < -0.3 is 15.3 Å². The van der Waals surface area contributed by atoms with Gasteiger partial charge in [0.15, 0.2) is 0 Å². The molecule has 110 valence electrons. The summed E-state index contributed by atoms with van der Waals surface area (Å²) in [5.74, 6) is -1.40. The Morgan fingerprint density at radius 2 is 2.24 bits per heavy atom. The molecule has 0 aromatic heterocycles. The average Bonchev–Trinajstić information content (AvgIpc) is 2.49. The first-order valence-corrected chi connectivity index (χ1v) is 7.29. The fourth-order valence-corrected chi connectivity index (χ4v) is 2.64. The molecule has 2 amide bonds. The lowest BCUT2D eigenvalue weighted by Crippen LogP contribution is -2.44. The Hall–Kier alpha value is -2.07. The van der Waals surface area contributed by atoms with Crippen LogP contribution in [0.3, 0.4) is 0 Å². The third kappa shape index (κ3) is 3.73. The van der Waals surface area contributed by atoms with E-state index in [1.807, 2.05) is 6.07 Å². The summed E-state index contributed by atoms with van der Waals surface area (Å²) in [4.78, 5) is 24.7. The van der Waals surface area contributed by atoms with Gasteiger partial charge in [0, 0.05) is 17.6 Å². The Morgan fingerprint density at radius 1 is 1.48 bits per heavy atom. The van der Waals surface area contributed by atoms with E-state index in [0.29, 0.717) is 30.6 Å². The lowest BCUT2D eigenvalue weighted by molar-refractivity contribution is -0.143. The maximum atomic E-state index is 12.2. The van der Waals surface area contributed by atoms with Crippen molar-refractivity contribution in [3.8, 4) is 6.07 Å². The molecule has 0 bridgehead atoms. The lowest BCUT2D eigenvalue weighted by atomic mass is 9.99. The summed E-state index contributed by atoms with van der Waals surface area (Å²) < 4.78 is 0.751. The number of nitrogens with one attached hydrogen (secondary N) is 1. The highest BCUT2D eigenvalue weighted by molar-refractivity contribution is 9.10. The first kappa shape index (κ1) is 15.3. The quantitative estimate of drug-likeness (QED) is 0.856. The molecule has 6 nitrogen and oxygen atoms in total. The van der Waals surface area contributed by atoms with Gasteiger partial charge in [0.25, 0.3) is 0 Å². The number of amides is 2. The number of hydrogen-bond acceptors (Lipinski definition) is 3. The van der Waals surface area contributed by atoms with Crippen LogP contribution in [0.5, 0.6) is 0 Å². The number of anilines is 1. The summed E-state index contributed by atoms with van der Waals surface area (Å²) in [7, 11) is 0. The SMILES string of the molecule is N#Cc1cc(Br)ccc1NC(=O)N1CCCC(C(=O)O)C1. The monoisotopic (exact) mass is 351 g/mol. The van der Waals surface area contributed by atoms with Crippen LogP contribution in [0.15, 0.2) is 22.7 Å². The van der Waals surface area contributed by atoms with Gasteiger partial charge in [-0.05, 0) is 31.0 Å². The van der Waals surface area contributed by atoms with Crippen LogP contribution in [0.25, 0.3) is 0 Å². The number of rotatable bonds is 2. The molecule has 0 aliphatic carbocycles. The van der Waals surface area contributed by atoms with Crippen LogP contribution in [-0.2, 0) is 4.79 Å². The van der Waals surface area contributed by atoms with Gasteiger partial charge in [-0.1, -0.05) is 15.9 Å². The number of benzene rings is 1. The van der Waals surface area contributed by atoms with Gasteiger partial charge >= 0.3 is 12.0 Å². The maximum absolute atomic E-state index is 12.2. The molecule has 1 unspecified atom stereocenters. The van der Waals surface area contributed by atoms with Gasteiger partial charge in [-0.3, -0.25) is 4.79 Å². The van der Waals surface area contributed by atoms with Crippen molar-refractivity contribution in [2.75, 3.05) is 18.4 Å². The molecular formula is C14H14BrN3O3. The van der Waals surface area contributed by atoms with E-state index in [4.69, 9.17) is 10.4 Å². The molecule has 1 atom stereocenters. The predicted octanol–water partition coefficient (Wildman–Crippen LogP) is 2.65. The third-order valence-electron chi connectivity index (χ3n) is 3.40. The molecule has 21 heavy (non-hydrogen) atoms. The number of carbonyl (C=O) groups excluding carboxylic acids is 1. The molecular weight excluding hydrogens is 338 g/mol. The summed E-state index contributed by atoms with van der Waals surface area (Å²) in [6, 6.07) is 6.62. The minimum Gasteiger partial charge on any atom is -0.481 e. The Bertz CT molecular complexity index is 612. The molecule has 1 saturated heterocycles. The van der Waals surface area contributed by atoms with Crippen molar-refractivity contribution in [2.45, 2.75) is 12.8 Å². The van der Waals surface area contributed by atoms with E-state index in [1.54, 1.807) is 18.2 Å². The normalized spacial score (nSPS) is 17.9. The number of likely N-dealkylation sites (tertiary alicyclic amines) is 1. The molecule has 0 saturated carbocycles. The zero-order valence-electron chi connectivity index (χ0n) is 11.2. The van der Waals surface area contributed by atoms with Crippen LogP contribution in [0, 0.1) is 17.2 Å². The van der Waals surface area contributed by atoms with Crippen LogP contribution in [0.4, 0.5) is 10.5 Å². The number of aliphatic carboxylic acids is 1. The molecule has 1 aromatic carbocycles. The molecule has 1 aliphatic rings. The molecule has 7 heteroatoms. The van der Waals surface area contributed by atoms with Crippen LogP contribution in [0.2, 0.25) is 0 Å². The van der Waals surface area contributed by atoms with E-state index >= 15 is 0 Å². The van der Waals surface area contributed by atoms with Gasteiger partial charge in [0.1, 0.15) is 6.07 Å². The Kier molecular flexibility index (Phi) is 4.81. The predicted molar refractivity (Wildman–Crippen MR) is 79.8 cm³/mol. The second-order valence-electron chi connectivity index (χ2n) is 4.86. The van der Waals surface area contributed by atoms with Crippen molar-refractivity contribution in [3.63, 3.8) is 0 Å². The molecule has 1 fully saturated rings. The van der Waals surface area contributed by atoms with Crippen LogP contribution >= 0.6 is 15.9 Å². The molecule has 1 aromatic rings. The van der Waals surface area contributed by atoms with E-state index in [1.165, 1.54) is 4.90 Å². The zero-order chi connectivity index (χ0) is 15.4. The summed E-state index contributed by atoms with van der Waals surface area (Å²) >= 11 is 3.26. The molecule has 0 spiro atoms. The highest BCUT2D eigenvalue weighted by atomic mass is 79.9. The molecule has 0 radical (unpaired) electrons. The van der Waals surface area contributed by atoms with Crippen molar-refractivity contribution in [3.05, 3.63) is 28.2 Å². The van der Waals surface area contributed by atoms with Crippen molar-refractivity contribution in [1.29, 1.82) is 5.26 Å². The smallest absolute Gasteiger partial charge is 0.321 e. The number of halogens is 1. The highest BCUT2D eigenvalue weighted by Crippen LogP contribution is 2.22. The molecule has 2 rings (SSSR count). The number of urea groups is 1. The summed E-state index contributed by atoms with van der Waals surface area (Å²) in [6.45, 7) is 0.716. The minimum atomic E-state index is -0.881. The van der Waals surface area contributed by atoms with E-state index in [9.17, 15) is 9.59 Å². The highest BCUT2D eigenvalue weighted by Gasteiger charge is 2.28. The van der Waals surface area contributed by atoms with Crippen molar-refractivity contribution in [1.82, 2.24) is 4.90 Å². The fourth-order valence-electron chi connectivity index (χ4n) is 2.28. The van der Waals surface area contributed by atoms with E-state index in [-0.39, 0.29) is 12.6 Å². The Morgan fingerprint density at radius 3 is 2.90 bits per heavy atom. The van der Waals surface area contributed by atoms with Crippen LogP contribution < -0.4 is 5.32 Å². The topological polar surface area (TPSA) is 93.4 Å². The molecule has 2 N–H and O–H groups in total. The van der Waals surface area contributed by atoms with Gasteiger partial charge in [0.2, 0.25) is 0 Å². The third-order valence-corrected chi connectivity index (χ3v) is 3.89. The first-order valence-electron chi connectivity index (χ1n) is 6.49. The van der Waals surface area contributed by atoms with E-state index in [2.05, 4.69) is 21.2 Å². The van der Waals surface area contributed by atoms with Gasteiger partial charge in [0.05, 0.1) is 17.2 Å². The minimum absolute atomic E-state index is 0.194. The van der Waals surface area contributed by atoms with Crippen molar-refractivity contribution >= 4 is 33.6 Å². The number of carboxylic acids is 1. The Labute approximate surface area is 130 Å². The van der Waals surface area contributed by atoms with Gasteiger partial charge in [-0.2, -0.15) is 5.26 Å². The van der Waals surface area contributed by atoms with Gasteiger partial charge in [-0.25, -0.2) is 4.79 Å². The van der Waals surface area contributed by atoms with Crippen LogP contribution in [-0.4, -0.2) is 35.1 Å². The van der Waals surface area contributed by atoms with E-state index < -0.39 is 11.9 Å². The molecule has 1 aliphatic heterocycles. The second kappa shape index (κ2) is 6.59. The molecule has 1 heterocycles. The number of carbonyl (C=O) groups is 2. The second-order valence-corrected chi connectivity index (χ2v) is 5.77. The number of carboxylic acid groups (broad SMARTS) is 1. The van der Waals surface area contributed by atoms with Crippen LogP contribution in [0.1, 0.15) is 18.4 Å². The summed E-state index contributed by atoms with van der Waals surface area (Å²) in [6.07, 6.45) is 1.25. The van der Waals surface area contributed by atoms with Gasteiger partial charge in [-0.15, -0.1) is 0 Å². The zero-order valence-corrected chi connectivity index (χ0v) is 12.8. The lowest BCUT2D eigenvalue weighted by Gasteiger charge is -2.30. The number of piperidine rings is 1. The summed E-state index contributed by atoms with van der Waals surface area (Å²) in [5.41, 5.74) is 0.771. The first-order chi connectivity index (χ1) is 10.0. The average molecular weight is 352 g/mol. The fraction of sp³-hybridized carbons (Fsp3) is 0.357. The number of nitrogens with zero attached hydrogens (tertiary/aromatic N) is 2. The largest absolute Gasteiger partial charge is 0.481 e. The van der Waals surface area contributed by atoms with Crippen molar-refractivity contribution < 1.29 is 14.7 Å².